The molecule has 11 heteroatoms. The van der Waals surface area contributed by atoms with Crippen molar-refractivity contribution in [1.82, 2.24) is 4.72 Å². The van der Waals surface area contributed by atoms with E-state index >= 15 is 0 Å². The minimum Gasteiger partial charge on any atom is -0.496 e. The predicted molar refractivity (Wildman–Crippen MR) is 102 cm³/mol. The number of methoxy groups -OCH3 is 1. The first kappa shape index (κ1) is 21.4. The molecule has 1 aliphatic rings. The molecule has 1 amide bonds. The van der Waals surface area contributed by atoms with E-state index in [2.05, 4.69) is 10.0 Å². The van der Waals surface area contributed by atoms with Gasteiger partial charge in [-0.15, -0.1) is 0 Å². The summed E-state index contributed by atoms with van der Waals surface area (Å²) in [7, 11) is -2.63. The maximum Gasteiger partial charge on any atom is 0.259 e. The van der Waals surface area contributed by atoms with Crippen LogP contribution in [0.2, 0.25) is 5.02 Å². The van der Waals surface area contributed by atoms with Gasteiger partial charge in [0.25, 0.3) is 5.91 Å². The summed E-state index contributed by atoms with van der Waals surface area (Å²) in [5.41, 5.74) is -0.518. The van der Waals surface area contributed by atoms with Crippen molar-refractivity contribution < 1.29 is 31.5 Å². The van der Waals surface area contributed by atoms with Crippen molar-refractivity contribution in [2.45, 2.75) is 17.4 Å². The van der Waals surface area contributed by atoms with Crippen LogP contribution in [0, 0.1) is 11.6 Å². The lowest BCUT2D eigenvalue weighted by atomic mass is 10.1. The number of hydrogen-bond donors (Lipinski definition) is 2. The Morgan fingerprint density at radius 1 is 1.24 bits per heavy atom. The Balaban J connectivity index is 1.90. The molecule has 2 aromatic rings. The lowest BCUT2D eigenvalue weighted by molar-refractivity contribution is 0.102. The predicted octanol–water partition coefficient (Wildman–Crippen LogP) is 2.95. The summed E-state index contributed by atoms with van der Waals surface area (Å²) in [6.45, 7) is 0.711. The normalized spacial score (nSPS) is 16.6. The molecule has 29 heavy (non-hydrogen) atoms. The number of hydrogen-bond acceptors (Lipinski definition) is 5. The van der Waals surface area contributed by atoms with Gasteiger partial charge in [0, 0.05) is 18.7 Å². The van der Waals surface area contributed by atoms with Crippen LogP contribution >= 0.6 is 11.6 Å². The van der Waals surface area contributed by atoms with E-state index in [1.54, 1.807) is 0 Å². The number of anilines is 1. The van der Waals surface area contributed by atoms with Gasteiger partial charge in [-0.25, -0.2) is 21.9 Å². The molecule has 1 atom stereocenters. The highest BCUT2D eigenvalue weighted by molar-refractivity contribution is 7.89. The number of carbonyl (C=O) groups is 1. The third-order valence-electron chi connectivity index (χ3n) is 4.24. The summed E-state index contributed by atoms with van der Waals surface area (Å²) >= 11 is 5.62. The van der Waals surface area contributed by atoms with Crippen LogP contribution in [0.25, 0.3) is 0 Å². The highest BCUT2D eigenvalue weighted by atomic mass is 35.5. The van der Waals surface area contributed by atoms with Crippen molar-refractivity contribution in [2.75, 3.05) is 25.6 Å². The summed E-state index contributed by atoms with van der Waals surface area (Å²) in [5.74, 6) is -2.80. The number of amides is 1. The van der Waals surface area contributed by atoms with E-state index < -0.39 is 27.6 Å². The van der Waals surface area contributed by atoms with E-state index in [1.165, 1.54) is 19.2 Å². The van der Waals surface area contributed by atoms with Crippen LogP contribution in [-0.4, -0.2) is 40.7 Å². The van der Waals surface area contributed by atoms with Gasteiger partial charge in [0.1, 0.15) is 17.4 Å². The van der Waals surface area contributed by atoms with E-state index in [1.807, 2.05) is 0 Å². The first-order valence-corrected chi connectivity index (χ1v) is 10.3. The van der Waals surface area contributed by atoms with E-state index in [9.17, 15) is 22.0 Å². The van der Waals surface area contributed by atoms with Gasteiger partial charge in [-0.05, 0) is 30.7 Å². The Morgan fingerprint density at radius 2 is 2.00 bits per heavy atom. The molecule has 1 fully saturated rings. The zero-order valence-electron chi connectivity index (χ0n) is 15.2. The molecule has 3 rings (SSSR count). The van der Waals surface area contributed by atoms with Gasteiger partial charge < -0.3 is 14.8 Å². The van der Waals surface area contributed by atoms with Gasteiger partial charge >= 0.3 is 0 Å². The van der Waals surface area contributed by atoms with Crippen molar-refractivity contribution in [1.29, 1.82) is 0 Å². The second kappa shape index (κ2) is 8.62. The number of benzene rings is 2. The average molecular weight is 447 g/mol. The van der Waals surface area contributed by atoms with Crippen LogP contribution in [0.4, 0.5) is 14.5 Å². The minimum absolute atomic E-state index is 0.0688. The van der Waals surface area contributed by atoms with Crippen molar-refractivity contribution in [3.8, 4) is 5.75 Å². The molecule has 0 unspecified atom stereocenters. The first-order chi connectivity index (χ1) is 13.7. The monoisotopic (exact) mass is 446 g/mol. The molecule has 7 nitrogen and oxygen atoms in total. The quantitative estimate of drug-likeness (QED) is 0.665. The summed E-state index contributed by atoms with van der Waals surface area (Å²) < 4.78 is 65.2. The van der Waals surface area contributed by atoms with Crippen LogP contribution in [0.3, 0.4) is 0 Å². The van der Waals surface area contributed by atoms with E-state index in [0.717, 1.165) is 12.1 Å². The van der Waals surface area contributed by atoms with Crippen LogP contribution in [0.5, 0.6) is 5.75 Å². The molecular formula is C18H17ClF2N2O5S. The number of nitrogens with one attached hydrogen (secondary N) is 2. The van der Waals surface area contributed by atoms with Crippen LogP contribution < -0.4 is 14.8 Å². The van der Waals surface area contributed by atoms with Crippen LogP contribution in [-0.2, 0) is 14.8 Å². The second-order valence-electron chi connectivity index (χ2n) is 6.24. The van der Waals surface area contributed by atoms with E-state index in [0.29, 0.717) is 19.1 Å². The van der Waals surface area contributed by atoms with Gasteiger partial charge in [0.05, 0.1) is 34.9 Å². The summed E-state index contributed by atoms with van der Waals surface area (Å²) in [5, 5.41) is 1.86. The number of sulfonamides is 1. The third-order valence-corrected chi connectivity index (χ3v) is 6.04. The molecule has 1 heterocycles. The van der Waals surface area contributed by atoms with E-state index in [-0.39, 0.29) is 39.6 Å². The molecule has 0 aromatic heterocycles. The average Bonchev–Trinajstić information content (AvgIpc) is 3.17. The Morgan fingerprint density at radius 3 is 2.66 bits per heavy atom. The smallest absolute Gasteiger partial charge is 0.259 e. The molecule has 0 bridgehead atoms. The molecule has 0 radical (unpaired) electrons. The Kier molecular flexibility index (Phi) is 6.37. The summed E-state index contributed by atoms with van der Waals surface area (Å²) in [4.78, 5) is 12.5. The number of carbonyl (C=O) groups excluding carboxylic acids is 1. The van der Waals surface area contributed by atoms with Gasteiger partial charge in [-0.3, -0.25) is 4.79 Å². The highest BCUT2D eigenvalue weighted by Crippen LogP contribution is 2.27. The fraction of sp³-hybridized carbons (Fsp3) is 0.278. The number of rotatable bonds is 6. The second-order valence-corrected chi connectivity index (χ2v) is 8.37. The van der Waals surface area contributed by atoms with Gasteiger partial charge in [-0.2, -0.15) is 0 Å². The Hall–Kier alpha value is -2.27. The molecule has 0 aliphatic carbocycles. The lowest BCUT2D eigenvalue weighted by Crippen LogP contribution is -2.35. The van der Waals surface area contributed by atoms with Gasteiger partial charge in [-0.1, -0.05) is 11.6 Å². The summed E-state index contributed by atoms with van der Waals surface area (Å²) in [6, 6.07) is 4.78. The molecular weight excluding hydrogens is 430 g/mol. The SMILES string of the molecule is COc1ccc(S(=O)(=O)N[C@H]2CCOC2)cc1C(=O)Nc1cc(Cl)c(F)cc1F. The van der Waals surface area contributed by atoms with Crippen molar-refractivity contribution >= 4 is 33.2 Å². The molecule has 2 aromatic carbocycles. The number of ether oxygens (including phenoxy) is 2. The highest BCUT2D eigenvalue weighted by Gasteiger charge is 2.25. The molecule has 156 valence electrons. The largest absolute Gasteiger partial charge is 0.496 e. The standard InChI is InChI=1S/C18H17ClF2N2O5S/c1-27-17-3-2-11(29(25,26)23-10-4-5-28-9-10)6-12(17)18(24)22-16-7-13(19)14(20)8-15(16)21/h2-3,6-8,10,23H,4-5,9H2,1H3,(H,22,24)/t10-/m0/s1. The maximum absolute atomic E-state index is 13.9. The molecule has 1 aliphatic heterocycles. The lowest BCUT2D eigenvalue weighted by Gasteiger charge is -2.14. The summed E-state index contributed by atoms with van der Waals surface area (Å²) in [6.07, 6.45) is 0.535. The Labute approximate surface area is 171 Å². The first-order valence-electron chi connectivity index (χ1n) is 8.45. The van der Waals surface area contributed by atoms with E-state index in [4.69, 9.17) is 21.1 Å². The molecule has 1 saturated heterocycles. The van der Waals surface area contributed by atoms with Gasteiger partial charge in [0.2, 0.25) is 10.0 Å². The number of halogens is 3. The Bertz CT molecular complexity index is 1040. The van der Waals surface area contributed by atoms with Crippen LogP contribution in [0.15, 0.2) is 35.2 Å². The topological polar surface area (TPSA) is 93.7 Å². The van der Waals surface area contributed by atoms with Crippen molar-refractivity contribution in [3.05, 3.63) is 52.6 Å². The fourth-order valence-electron chi connectivity index (χ4n) is 2.75. The van der Waals surface area contributed by atoms with Crippen LogP contribution in [0.1, 0.15) is 16.8 Å². The van der Waals surface area contributed by atoms with Gasteiger partial charge in [0.15, 0.2) is 0 Å². The third kappa shape index (κ3) is 4.84. The van der Waals surface area contributed by atoms with Crippen molar-refractivity contribution in [3.63, 3.8) is 0 Å². The van der Waals surface area contributed by atoms with Crippen molar-refractivity contribution in [2.24, 2.45) is 0 Å². The molecule has 0 saturated carbocycles. The molecule has 0 spiro atoms. The minimum atomic E-state index is -3.93. The zero-order chi connectivity index (χ0) is 21.2. The maximum atomic E-state index is 13.9. The molecule has 2 N–H and O–H groups in total. The fourth-order valence-corrected chi connectivity index (χ4v) is 4.20. The zero-order valence-corrected chi connectivity index (χ0v) is 16.7.